The van der Waals surface area contributed by atoms with E-state index < -0.39 is 5.91 Å². The maximum absolute atomic E-state index is 11.5. The molecule has 0 aromatic carbocycles. The minimum Gasteiger partial charge on any atom is -0.365 e. The summed E-state index contributed by atoms with van der Waals surface area (Å²) in [7, 11) is 0. The number of primary amides is 1. The van der Waals surface area contributed by atoms with Crippen molar-refractivity contribution in [2.75, 3.05) is 13.1 Å². The van der Waals surface area contributed by atoms with Gasteiger partial charge >= 0.3 is 0 Å². The number of nitrogens with zero attached hydrogens (tertiary/aromatic N) is 1. The van der Waals surface area contributed by atoms with Crippen LogP contribution in [0.2, 0.25) is 0 Å². The molecule has 0 atom stereocenters. The first-order chi connectivity index (χ1) is 8.50. The average Bonchev–Trinajstić information content (AvgIpc) is 2.75. The Balaban J connectivity index is 2.43. The molecule has 0 saturated carbocycles. The van der Waals surface area contributed by atoms with Crippen molar-refractivity contribution in [1.29, 1.82) is 0 Å². The second-order valence-corrected chi connectivity index (χ2v) is 5.44. The fourth-order valence-electron chi connectivity index (χ4n) is 2.68. The smallest absolute Gasteiger partial charge is 0.251 e. The van der Waals surface area contributed by atoms with Gasteiger partial charge in [-0.2, -0.15) is 0 Å². The molecular weight excluding hydrogens is 246 g/mol. The minimum absolute atomic E-state index is 0.428. The van der Waals surface area contributed by atoms with E-state index in [4.69, 9.17) is 18.0 Å². The van der Waals surface area contributed by atoms with E-state index in [9.17, 15) is 4.79 Å². The van der Waals surface area contributed by atoms with Gasteiger partial charge in [0, 0.05) is 18.5 Å². The van der Waals surface area contributed by atoms with Crippen molar-refractivity contribution in [3.8, 4) is 0 Å². The molecule has 1 aromatic rings. The van der Waals surface area contributed by atoms with Crippen LogP contribution < -0.4 is 10.6 Å². The van der Waals surface area contributed by atoms with Gasteiger partial charge in [0.2, 0.25) is 0 Å². The number of hydrogen-bond acceptors (Lipinski definition) is 2. The van der Waals surface area contributed by atoms with Gasteiger partial charge in [0.15, 0.2) is 6.67 Å². The van der Waals surface area contributed by atoms with Gasteiger partial charge in [-0.25, -0.2) is 0 Å². The van der Waals surface area contributed by atoms with Crippen LogP contribution in [0.5, 0.6) is 0 Å². The third-order valence-corrected chi connectivity index (χ3v) is 4.07. The number of nitrogens with one attached hydrogen (secondary N) is 1. The number of pyridine rings is 1. The van der Waals surface area contributed by atoms with Crippen molar-refractivity contribution in [1.82, 2.24) is 4.57 Å². The van der Waals surface area contributed by atoms with Gasteiger partial charge in [-0.05, 0) is 25.5 Å². The lowest BCUT2D eigenvalue weighted by molar-refractivity contribution is -0.910. The largest absolute Gasteiger partial charge is 0.365 e. The molecule has 2 heterocycles. The van der Waals surface area contributed by atoms with Crippen LogP contribution in [0.4, 0.5) is 0 Å². The fourth-order valence-corrected chi connectivity index (χ4v) is 3.15. The number of carbonyl (C=O) groups excluding carboxylic acids is 1. The second kappa shape index (κ2) is 5.20. The van der Waals surface area contributed by atoms with Crippen LogP contribution in [0.25, 0.3) is 0 Å². The number of likely N-dealkylation sites (tertiary alicyclic amines) is 1. The van der Waals surface area contributed by atoms with Gasteiger partial charge in [0.05, 0.1) is 18.7 Å². The van der Waals surface area contributed by atoms with Crippen molar-refractivity contribution in [3.63, 3.8) is 0 Å². The highest BCUT2D eigenvalue weighted by Gasteiger charge is 2.18. The molecule has 0 spiro atoms. The zero-order valence-corrected chi connectivity index (χ0v) is 11.8. The Morgan fingerprint density at radius 3 is 2.61 bits per heavy atom. The number of hydrogen-bond donors (Lipinski definition) is 2. The summed E-state index contributed by atoms with van der Waals surface area (Å²) in [6.45, 7) is 7.12. The number of aromatic nitrogens is 1. The van der Waals surface area contributed by atoms with E-state index >= 15 is 0 Å². The van der Waals surface area contributed by atoms with E-state index in [2.05, 4.69) is 0 Å². The highest BCUT2D eigenvalue weighted by atomic mass is 32.1. The first kappa shape index (κ1) is 13.2. The summed E-state index contributed by atoms with van der Waals surface area (Å²) in [5, 5.41) is 0. The lowest BCUT2D eigenvalue weighted by Crippen LogP contribution is -3.09. The number of quaternary nitrogens is 1. The summed E-state index contributed by atoms with van der Waals surface area (Å²) in [5.74, 6) is -0.428. The van der Waals surface area contributed by atoms with E-state index in [0.717, 1.165) is 17.9 Å². The topological polar surface area (TPSA) is 52.5 Å². The van der Waals surface area contributed by atoms with Crippen molar-refractivity contribution in [2.24, 2.45) is 5.73 Å². The molecule has 1 aliphatic heterocycles. The van der Waals surface area contributed by atoms with Gasteiger partial charge in [0.1, 0.15) is 4.64 Å². The fraction of sp³-hybridized carbons (Fsp3) is 0.538. The standard InChI is InChI=1S/C13H19N3OS/c1-9-7-10(2)16(8-15-5-3-4-6-15)13(18)11(9)12(14)17/h7H,3-6,8H2,1-2H3,(H2,14,17)/p+1. The van der Waals surface area contributed by atoms with E-state index in [1.54, 1.807) is 0 Å². The van der Waals surface area contributed by atoms with E-state index in [1.807, 2.05) is 24.5 Å². The monoisotopic (exact) mass is 266 g/mol. The molecule has 0 unspecified atom stereocenters. The van der Waals surface area contributed by atoms with Crippen molar-refractivity contribution in [3.05, 3.63) is 27.5 Å². The Bertz CT molecular complexity index is 530. The third-order valence-electron chi connectivity index (χ3n) is 3.64. The van der Waals surface area contributed by atoms with E-state index in [1.165, 1.54) is 30.8 Å². The van der Waals surface area contributed by atoms with Crippen LogP contribution in [0.1, 0.15) is 34.5 Å². The Morgan fingerprint density at radius 2 is 2.06 bits per heavy atom. The first-order valence-corrected chi connectivity index (χ1v) is 6.76. The average molecular weight is 266 g/mol. The maximum atomic E-state index is 11.5. The van der Waals surface area contributed by atoms with Crippen LogP contribution in [-0.4, -0.2) is 23.6 Å². The SMILES string of the molecule is Cc1cc(C)n(C[NH+]2CCCC2)c(=S)c1C(N)=O. The molecule has 4 nitrogen and oxygen atoms in total. The zero-order valence-electron chi connectivity index (χ0n) is 11.0. The lowest BCUT2D eigenvalue weighted by atomic mass is 10.1. The number of amides is 1. The van der Waals surface area contributed by atoms with Gasteiger partial charge in [0.25, 0.3) is 5.91 Å². The van der Waals surface area contributed by atoms with Crippen molar-refractivity contribution in [2.45, 2.75) is 33.4 Å². The van der Waals surface area contributed by atoms with Gasteiger partial charge in [-0.1, -0.05) is 12.2 Å². The van der Waals surface area contributed by atoms with Gasteiger partial charge < -0.3 is 10.6 Å². The Labute approximate surface area is 112 Å². The number of rotatable bonds is 3. The van der Waals surface area contributed by atoms with Crippen LogP contribution in [-0.2, 0) is 6.67 Å². The second-order valence-electron chi connectivity index (χ2n) is 5.06. The predicted molar refractivity (Wildman–Crippen MR) is 73.2 cm³/mol. The Morgan fingerprint density at radius 1 is 1.44 bits per heavy atom. The van der Waals surface area contributed by atoms with Crippen LogP contribution in [0, 0.1) is 18.5 Å². The quantitative estimate of drug-likeness (QED) is 0.786. The van der Waals surface area contributed by atoms with Crippen LogP contribution in [0.15, 0.2) is 6.07 Å². The molecule has 0 bridgehead atoms. The molecule has 2 rings (SSSR count). The normalized spacial score (nSPS) is 16.1. The molecule has 0 radical (unpaired) electrons. The summed E-state index contributed by atoms with van der Waals surface area (Å²) in [5.41, 5.74) is 7.88. The van der Waals surface area contributed by atoms with Crippen LogP contribution >= 0.6 is 12.2 Å². The summed E-state index contributed by atoms with van der Waals surface area (Å²) in [6, 6.07) is 1.99. The zero-order chi connectivity index (χ0) is 13.3. The molecule has 5 heteroatoms. The predicted octanol–water partition coefficient (Wildman–Crippen LogP) is 0.570. The summed E-state index contributed by atoms with van der Waals surface area (Å²) >= 11 is 5.43. The highest BCUT2D eigenvalue weighted by Crippen LogP contribution is 2.13. The molecule has 0 aliphatic carbocycles. The Hall–Kier alpha value is -1.20. The highest BCUT2D eigenvalue weighted by molar-refractivity contribution is 7.71. The van der Waals surface area contributed by atoms with Gasteiger partial charge in [-0.15, -0.1) is 0 Å². The molecular formula is C13H20N3OS+. The molecule has 1 aliphatic rings. The van der Waals surface area contributed by atoms with Crippen molar-refractivity contribution >= 4 is 18.1 Å². The summed E-state index contributed by atoms with van der Waals surface area (Å²) < 4.78 is 2.63. The number of carbonyl (C=O) groups is 1. The molecule has 98 valence electrons. The lowest BCUT2D eigenvalue weighted by Gasteiger charge is -2.19. The van der Waals surface area contributed by atoms with Crippen LogP contribution in [0.3, 0.4) is 0 Å². The van der Waals surface area contributed by atoms with E-state index in [0.29, 0.717) is 10.2 Å². The molecule has 1 fully saturated rings. The summed E-state index contributed by atoms with van der Waals surface area (Å²) in [4.78, 5) is 13.0. The van der Waals surface area contributed by atoms with Gasteiger partial charge in [-0.3, -0.25) is 9.36 Å². The van der Waals surface area contributed by atoms with E-state index in [-0.39, 0.29) is 0 Å². The molecule has 1 saturated heterocycles. The number of nitrogens with two attached hydrogens (primary N) is 1. The Kier molecular flexibility index (Phi) is 3.82. The number of aryl methyl sites for hydroxylation is 2. The first-order valence-electron chi connectivity index (χ1n) is 6.35. The summed E-state index contributed by atoms with van der Waals surface area (Å²) in [6.07, 6.45) is 2.55. The third kappa shape index (κ3) is 2.47. The molecule has 18 heavy (non-hydrogen) atoms. The molecule has 3 N–H and O–H groups in total. The molecule has 1 amide bonds. The maximum Gasteiger partial charge on any atom is 0.251 e. The van der Waals surface area contributed by atoms with Crippen molar-refractivity contribution < 1.29 is 9.69 Å². The molecule has 1 aromatic heterocycles. The minimum atomic E-state index is -0.428.